The normalized spacial score (nSPS) is 12.2. The minimum Gasteiger partial charge on any atom is -0.464 e. The largest absolute Gasteiger partial charge is 0.464 e. The van der Waals surface area contributed by atoms with Gasteiger partial charge in [0.25, 0.3) is 10.0 Å². The number of aromatic nitrogens is 1. The lowest BCUT2D eigenvalue weighted by Crippen LogP contribution is -2.35. The minimum absolute atomic E-state index is 0.174. The van der Waals surface area contributed by atoms with Crippen molar-refractivity contribution in [2.45, 2.75) is 31.1 Å². The standard InChI is InChI=1S/C14H15FN2O4S2/c1-14(2,3)11-8-22-12(16-11)17(13(18)19)23(20,21)10-6-4-9(15)5-7-10/h4-8H,1-3H3,(H,18,19). The lowest BCUT2D eigenvalue weighted by molar-refractivity contribution is 0.206. The number of amides is 1. The molecule has 1 aromatic carbocycles. The number of carbonyl (C=O) groups is 1. The number of nitrogens with zero attached hydrogens (tertiary/aromatic N) is 2. The van der Waals surface area contributed by atoms with Crippen LogP contribution < -0.4 is 4.31 Å². The summed E-state index contributed by atoms with van der Waals surface area (Å²) in [5.41, 5.74) is 0.233. The molecule has 0 fully saturated rings. The van der Waals surface area contributed by atoms with Gasteiger partial charge in [0.05, 0.1) is 10.6 Å². The third kappa shape index (κ3) is 3.50. The van der Waals surface area contributed by atoms with Crippen molar-refractivity contribution >= 4 is 32.6 Å². The van der Waals surface area contributed by atoms with Crippen molar-refractivity contribution in [3.63, 3.8) is 0 Å². The van der Waals surface area contributed by atoms with Gasteiger partial charge in [0, 0.05) is 10.8 Å². The molecule has 0 bridgehead atoms. The Morgan fingerprint density at radius 3 is 2.26 bits per heavy atom. The van der Waals surface area contributed by atoms with Crippen molar-refractivity contribution in [1.82, 2.24) is 4.98 Å². The van der Waals surface area contributed by atoms with Gasteiger partial charge in [-0.2, -0.15) is 0 Å². The molecule has 0 aliphatic heterocycles. The number of thiazole rings is 1. The summed E-state index contributed by atoms with van der Waals surface area (Å²) in [4.78, 5) is 15.3. The molecule has 0 atom stereocenters. The summed E-state index contributed by atoms with van der Waals surface area (Å²) < 4.78 is 38.2. The van der Waals surface area contributed by atoms with E-state index in [1.54, 1.807) is 5.38 Å². The lowest BCUT2D eigenvalue weighted by Gasteiger charge is -2.17. The maximum Gasteiger partial charge on any atom is 0.428 e. The quantitative estimate of drug-likeness (QED) is 0.908. The molecule has 0 spiro atoms. The molecule has 23 heavy (non-hydrogen) atoms. The molecule has 0 aliphatic carbocycles. The fourth-order valence-corrected chi connectivity index (χ4v) is 4.22. The average molecular weight is 358 g/mol. The number of hydrogen-bond acceptors (Lipinski definition) is 5. The fourth-order valence-electron chi connectivity index (χ4n) is 1.70. The molecule has 1 aromatic heterocycles. The van der Waals surface area contributed by atoms with Gasteiger partial charge in [-0.25, -0.2) is 22.6 Å². The predicted octanol–water partition coefficient (Wildman–Crippen LogP) is 3.45. The fraction of sp³-hybridized carbons (Fsp3) is 0.286. The maximum absolute atomic E-state index is 13.0. The van der Waals surface area contributed by atoms with Crippen LogP contribution in [0.3, 0.4) is 0 Å². The first-order chi connectivity index (χ1) is 10.5. The molecule has 0 aliphatic rings. The highest BCUT2D eigenvalue weighted by Gasteiger charge is 2.34. The smallest absolute Gasteiger partial charge is 0.428 e. The number of rotatable bonds is 3. The van der Waals surface area contributed by atoms with Gasteiger partial charge in [0.15, 0.2) is 0 Å². The zero-order valence-corrected chi connectivity index (χ0v) is 14.3. The Morgan fingerprint density at radius 1 is 1.26 bits per heavy atom. The van der Waals surface area contributed by atoms with Crippen molar-refractivity contribution in [3.8, 4) is 0 Å². The Hall–Kier alpha value is -2.00. The van der Waals surface area contributed by atoms with Crippen LogP contribution in [0.15, 0.2) is 34.5 Å². The van der Waals surface area contributed by atoms with E-state index in [2.05, 4.69) is 4.98 Å². The van der Waals surface area contributed by atoms with Crippen LogP contribution in [0.5, 0.6) is 0 Å². The van der Waals surface area contributed by atoms with E-state index in [0.29, 0.717) is 5.69 Å². The van der Waals surface area contributed by atoms with Gasteiger partial charge in [0.2, 0.25) is 5.13 Å². The molecule has 1 amide bonds. The monoisotopic (exact) mass is 358 g/mol. The Morgan fingerprint density at radius 2 is 1.83 bits per heavy atom. The van der Waals surface area contributed by atoms with Crippen molar-refractivity contribution in [3.05, 3.63) is 41.2 Å². The van der Waals surface area contributed by atoms with E-state index in [1.165, 1.54) is 0 Å². The van der Waals surface area contributed by atoms with E-state index in [1.807, 2.05) is 20.8 Å². The van der Waals surface area contributed by atoms with Crippen LogP contribution in [-0.2, 0) is 15.4 Å². The molecule has 6 nitrogen and oxygen atoms in total. The zero-order valence-electron chi connectivity index (χ0n) is 12.6. The highest BCUT2D eigenvalue weighted by atomic mass is 32.2. The van der Waals surface area contributed by atoms with E-state index < -0.39 is 21.9 Å². The minimum atomic E-state index is -4.39. The second-order valence-electron chi connectivity index (χ2n) is 5.77. The van der Waals surface area contributed by atoms with Crippen LogP contribution in [0, 0.1) is 5.82 Å². The first-order valence-electron chi connectivity index (χ1n) is 6.53. The topological polar surface area (TPSA) is 87.6 Å². The van der Waals surface area contributed by atoms with Crippen molar-refractivity contribution in [1.29, 1.82) is 0 Å². The number of halogens is 1. The molecule has 1 heterocycles. The summed E-state index contributed by atoms with van der Waals surface area (Å²) in [6, 6.07) is 3.93. The molecule has 0 saturated carbocycles. The molecule has 0 saturated heterocycles. The molecular formula is C14H15FN2O4S2. The van der Waals surface area contributed by atoms with Crippen LogP contribution in [-0.4, -0.2) is 24.6 Å². The zero-order chi connectivity index (χ0) is 17.4. The molecule has 2 aromatic rings. The first-order valence-corrected chi connectivity index (χ1v) is 8.85. The lowest BCUT2D eigenvalue weighted by atomic mass is 9.93. The SMILES string of the molecule is CC(C)(C)c1csc(N(C(=O)O)S(=O)(=O)c2ccc(F)cc2)n1. The van der Waals surface area contributed by atoms with E-state index in [-0.39, 0.29) is 19.7 Å². The number of carboxylic acid groups (broad SMARTS) is 1. The second-order valence-corrected chi connectivity index (χ2v) is 8.39. The average Bonchev–Trinajstić information content (AvgIpc) is 2.87. The summed E-state index contributed by atoms with van der Waals surface area (Å²) in [5.74, 6) is -0.616. The van der Waals surface area contributed by atoms with Gasteiger partial charge in [-0.05, 0) is 24.3 Å². The highest BCUT2D eigenvalue weighted by molar-refractivity contribution is 7.93. The van der Waals surface area contributed by atoms with E-state index in [0.717, 1.165) is 35.6 Å². The molecule has 9 heteroatoms. The number of hydrogen-bond donors (Lipinski definition) is 1. The summed E-state index contributed by atoms with van der Waals surface area (Å²) >= 11 is 0.918. The van der Waals surface area contributed by atoms with Gasteiger partial charge in [-0.15, -0.1) is 15.6 Å². The van der Waals surface area contributed by atoms with Crippen LogP contribution in [0.1, 0.15) is 26.5 Å². The van der Waals surface area contributed by atoms with E-state index in [4.69, 9.17) is 0 Å². The number of benzene rings is 1. The third-order valence-electron chi connectivity index (χ3n) is 2.96. The van der Waals surface area contributed by atoms with Gasteiger partial charge in [0.1, 0.15) is 5.82 Å². The van der Waals surface area contributed by atoms with Crippen molar-refractivity contribution in [2.24, 2.45) is 0 Å². The maximum atomic E-state index is 13.0. The van der Waals surface area contributed by atoms with Gasteiger partial charge >= 0.3 is 6.09 Å². The van der Waals surface area contributed by atoms with Crippen LogP contribution >= 0.6 is 11.3 Å². The van der Waals surface area contributed by atoms with Crippen LogP contribution in [0.4, 0.5) is 14.3 Å². The van der Waals surface area contributed by atoms with Crippen LogP contribution in [0.25, 0.3) is 0 Å². The second kappa shape index (κ2) is 5.89. The molecule has 0 radical (unpaired) electrons. The molecule has 1 N–H and O–H groups in total. The van der Waals surface area contributed by atoms with E-state index >= 15 is 0 Å². The predicted molar refractivity (Wildman–Crippen MR) is 84.9 cm³/mol. The Bertz CT molecular complexity index is 823. The van der Waals surface area contributed by atoms with Gasteiger partial charge < -0.3 is 5.11 Å². The molecular weight excluding hydrogens is 343 g/mol. The van der Waals surface area contributed by atoms with Crippen molar-refractivity contribution in [2.75, 3.05) is 4.31 Å². The third-order valence-corrected chi connectivity index (χ3v) is 5.58. The summed E-state index contributed by atoms with van der Waals surface area (Å²) in [6.45, 7) is 5.64. The first kappa shape index (κ1) is 17.4. The summed E-state index contributed by atoms with van der Waals surface area (Å²) in [6.07, 6.45) is -1.68. The molecule has 0 unspecified atom stereocenters. The number of anilines is 1. The summed E-state index contributed by atoms with van der Waals surface area (Å²) in [5, 5.41) is 10.8. The highest BCUT2D eigenvalue weighted by Crippen LogP contribution is 2.31. The Kier molecular flexibility index (Phi) is 4.45. The van der Waals surface area contributed by atoms with Crippen LogP contribution in [0.2, 0.25) is 0 Å². The van der Waals surface area contributed by atoms with Crippen molar-refractivity contribution < 1.29 is 22.7 Å². The molecule has 124 valence electrons. The van der Waals surface area contributed by atoms with E-state index in [9.17, 15) is 22.7 Å². The Balaban J connectivity index is 2.52. The Labute approximate surface area is 137 Å². The number of sulfonamides is 1. The summed E-state index contributed by atoms with van der Waals surface area (Å²) in [7, 11) is -4.39. The van der Waals surface area contributed by atoms with Gasteiger partial charge in [-0.1, -0.05) is 20.8 Å². The molecule has 2 rings (SSSR count). The van der Waals surface area contributed by atoms with Gasteiger partial charge in [-0.3, -0.25) is 0 Å².